The lowest BCUT2D eigenvalue weighted by Gasteiger charge is -2.20. The van der Waals surface area contributed by atoms with E-state index in [1.807, 2.05) is 33.8 Å². The maximum atomic E-state index is 11.5. The third-order valence-corrected chi connectivity index (χ3v) is 2.98. The SMILES string of the molecule is Cc1nc(N)c(I)cc1CNC(=O)OC(C)(C)C. The van der Waals surface area contributed by atoms with Crippen molar-refractivity contribution in [2.75, 3.05) is 5.73 Å². The van der Waals surface area contributed by atoms with Gasteiger partial charge in [-0.25, -0.2) is 9.78 Å². The van der Waals surface area contributed by atoms with Crippen LogP contribution in [-0.2, 0) is 11.3 Å². The highest BCUT2D eigenvalue weighted by atomic mass is 127. The molecule has 0 aliphatic rings. The van der Waals surface area contributed by atoms with Crippen LogP contribution in [0.2, 0.25) is 0 Å². The molecule has 0 aliphatic carbocycles. The van der Waals surface area contributed by atoms with Crippen molar-refractivity contribution in [3.05, 3.63) is 20.9 Å². The van der Waals surface area contributed by atoms with Crippen LogP contribution in [-0.4, -0.2) is 16.7 Å². The zero-order valence-corrected chi connectivity index (χ0v) is 13.2. The van der Waals surface area contributed by atoms with Crippen molar-refractivity contribution >= 4 is 34.5 Å². The summed E-state index contributed by atoms with van der Waals surface area (Å²) in [7, 11) is 0. The van der Waals surface area contributed by atoms with Gasteiger partial charge in [-0.05, 0) is 61.9 Å². The first-order chi connectivity index (χ1) is 8.19. The molecule has 1 heterocycles. The molecule has 6 heteroatoms. The average molecular weight is 363 g/mol. The summed E-state index contributed by atoms with van der Waals surface area (Å²) in [5, 5.41) is 2.70. The smallest absolute Gasteiger partial charge is 0.407 e. The van der Waals surface area contributed by atoms with Gasteiger partial charge in [-0.15, -0.1) is 0 Å². The van der Waals surface area contributed by atoms with Crippen molar-refractivity contribution in [2.45, 2.75) is 39.8 Å². The minimum Gasteiger partial charge on any atom is -0.444 e. The molecule has 0 fully saturated rings. The number of carbonyl (C=O) groups is 1. The molecule has 1 aromatic heterocycles. The van der Waals surface area contributed by atoms with E-state index in [1.165, 1.54) is 0 Å². The molecular weight excluding hydrogens is 345 g/mol. The number of nitrogens with zero attached hydrogens (tertiary/aromatic N) is 1. The molecule has 0 unspecified atom stereocenters. The third kappa shape index (κ3) is 4.67. The van der Waals surface area contributed by atoms with Crippen molar-refractivity contribution in [1.29, 1.82) is 0 Å². The minimum absolute atomic E-state index is 0.379. The Labute approximate surface area is 121 Å². The fourth-order valence-electron chi connectivity index (χ4n) is 1.30. The summed E-state index contributed by atoms with van der Waals surface area (Å²) >= 11 is 2.11. The van der Waals surface area contributed by atoms with Crippen molar-refractivity contribution in [2.24, 2.45) is 0 Å². The van der Waals surface area contributed by atoms with Gasteiger partial charge >= 0.3 is 6.09 Å². The van der Waals surface area contributed by atoms with Gasteiger partial charge in [0.25, 0.3) is 0 Å². The number of nitrogens with two attached hydrogens (primary N) is 1. The van der Waals surface area contributed by atoms with Crippen molar-refractivity contribution in [3.63, 3.8) is 0 Å². The Morgan fingerprint density at radius 3 is 2.72 bits per heavy atom. The number of rotatable bonds is 2. The highest BCUT2D eigenvalue weighted by Gasteiger charge is 2.16. The number of aromatic nitrogens is 1. The van der Waals surface area contributed by atoms with Crippen LogP contribution in [0.4, 0.5) is 10.6 Å². The predicted octanol–water partition coefficient (Wildman–Crippen LogP) is 2.60. The van der Waals surface area contributed by atoms with Crippen molar-refractivity contribution in [1.82, 2.24) is 10.3 Å². The molecule has 18 heavy (non-hydrogen) atoms. The molecule has 5 nitrogen and oxygen atoms in total. The fourth-order valence-corrected chi connectivity index (χ4v) is 1.79. The van der Waals surface area contributed by atoms with E-state index in [-0.39, 0.29) is 0 Å². The van der Waals surface area contributed by atoms with Crippen LogP contribution in [0.25, 0.3) is 0 Å². The number of alkyl carbamates (subject to hydrolysis) is 1. The molecule has 3 N–H and O–H groups in total. The molecule has 100 valence electrons. The lowest BCUT2D eigenvalue weighted by atomic mass is 10.2. The Hall–Kier alpha value is -1.05. The Morgan fingerprint density at radius 2 is 2.17 bits per heavy atom. The van der Waals surface area contributed by atoms with E-state index in [0.29, 0.717) is 12.4 Å². The number of nitrogen functional groups attached to an aromatic ring is 1. The Kier molecular flexibility index (Phi) is 4.78. The van der Waals surface area contributed by atoms with Crippen LogP contribution < -0.4 is 11.1 Å². The fraction of sp³-hybridized carbons (Fsp3) is 0.500. The van der Waals surface area contributed by atoms with Gasteiger partial charge in [-0.3, -0.25) is 0 Å². The molecule has 0 saturated carbocycles. The van der Waals surface area contributed by atoms with Gasteiger partial charge in [0, 0.05) is 12.2 Å². The van der Waals surface area contributed by atoms with Gasteiger partial charge in [-0.2, -0.15) is 0 Å². The molecule has 0 saturated heterocycles. The second-order valence-corrected chi connectivity index (χ2v) is 6.12. The molecule has 1 rings (SSSR count). The van der Waals surface area contributed by atoms with Crippen LogP contribution >= 0.6 is 22.6 Å². The number of amides is 1. The average Bonchev–Trinajstić information content (AvgIpc) is 2.19. The van der Waals surface area contributed by atoms with E-state index >= 15 is 0 Å². The first-order valence-corrected chi connectivity index (χ1v) is 6.65. The molecule has 0 spiro atoms. The first kappa shape index (κ1) is 15.0. The molecule has 0 bridgehead atoms. The number of carbonyl (C=O) groups excluding carboxylic acids is 1. The topological polar surface area (TPSA) is 77.2 Å². The normalized spacial score (nSPS) is 11.2. The number of ether oxygens (including phenoxy) is 1. The van der Waals surface area contributed by atoms with Gasteiger partial charge in [0.2, 0.25) is 0 Å². The highest BCUT2D eigenvalue weighted by molar-refractivity contribution is 14.1. The summed E-state index contributed by atoms with van der Waals surface area (Å²) < 4.78 is 6.03. The van der Waals surface area contributed by atoms with Gasteiger partial charge < -0.3 is 15.8 Å². The lowest BCUT2D eigenvalue weighted by Crippen LogP contribution is -2.32. The number of hydrogen-bond acceptors (Lipinski definition) is 4. The maximum absolute atomic E-state index is 11.5. The number of anilines is 1. The van der Waals surface area contributed by atoms with Crippen molar-refractivity contribution in [3.8, 4) is 0 Å². The second-order valence-electron chi connectivity index (χ2n) is 4.96. The molecule has 0 aliphatic heterocycles. The van der Waals surface area contributed by atoms with E-state index in [0.717, 1.165) is 14.8 Å². The standard InChI is InChI=1S/C12H18IN3O2/c1-7-8(5-9(13)10(14)16-7)6-15-11(17)18-12(2,3)4/h5H,6H2,1-4H3,(H2,14,16)(H,15,17). The number of aryl methyl sites for hydroxylation is 1. The van der Waals surface area contributed by atoms with Gasteiger partial charge in [0.15, 0.2) is 0 Å². The summed E-state index contributed by atoms with van der Waals surface area (Å²) in [6, 6.07) is 1.91. The van der Waals surface area contributed by atoms with Crippen LogP contribution in [0.5, 0.6) is 0 Å². The van der Waals surface area contributed by atoms with E-state index in [2.05, 4.69) is 32.9 Å². The number of nitrogens with one attached hydrogen (secondary N) is 1. The van der Waals surface area contributed by atoms with Gasteiger partial charge in [-0.1, -0.05) is 0 Å². The van der Waals surface area contributed by atoms with Crippen LogP contribution in [0.1, 0.15) is 32.0 Å². The first-order valence-electron chi connectivity index (χ1n) is 5.57. The molecule has 0 radical (unpaired) electrons. The quantitative estimate of drug-likeness (QED) is 0.792. The van der Waals surface area contributed by atoms with Crippen LogP contribution in [0, 0.1) is 10.5 Å². The van der Waals surface area contributed by atoms with Crippen LogP contribution in [0.3, 0.4) is 0 Å². The number of pyridine rings is 1. The van der Waals surface area contributed by atoms with Crippen LogP contribution in [0.15, 0.2) is 6.07 Å². The molecular formula is C12H18IN3O2. The van der Waals surface area contributed by atoms with Crippen molar-refractivity contribution < 1.29 is 9.53 Å². The Bertz CT molecular complexity index is 455. The van der Waals surface area contributed by atoms with E-state index in [1.54, 1.807) is 0 Å². The summed E-state index contributed by atoms with van der Waals surface area (Å²) in [5.74, 6) is 0.508. The number of halogens is 1. The molecule has 0 aromatic carbocycles. The summed E-state index contributed by atoms with van der Waals surface area (Å²) in [5.41, 5.74) is 6.94. The van der Waals surface area contributed by atoms with E-state index in [9.17, 15) is 4.79 Å². The summed E-state index contributed by atoms with van der Waals surface area (Å²) in [4.78, 5) is 15.7. The lowest BCUT2D eigenvalue weighted by molar-refractivity contribution is 0.0523. The van der Waals surface area contributed by atoms with E-state index < -0.39 is 11.7 Å². The predicted molar refractivity (Wildman–Crippen MR) is 79.2 cm³/mol. The van der Waals surface area contributed by atoms with Gasteiger partial charge in [0.05, 0.1) is 3.57 Å². The highest BCUT2D eigenvalue weighted by Crippen LogP contribution is 2.16. The Morgan fingerprint density at radius 1 is 1.56 bits per heavy atom. The summed E-state index contributed by atoms with van der Waals surface area (Å²) in [6.45, 7) is 7.71. The zero-order valence-electron chi connectivity index (χ0n) is 11.0. The zero-order chi connectivity index (χ0) is 13.9. The maximum Gasteiger partial charge on any atom is 0.407 e. The molecule has 1 aromatic rings. The minimum atomic E-state index is -0.493. The molecule has 1 amide bonds. The Balaban J connectivity index is 2.64. The van der Waals surface area contributed by atoms with E-state index in [4.69, 9.17) is 10.5 Å². The molecule has 0 atom stereocenters. The van der Waals surface area contributed by atoms with Gasteiger partial charge in [0.1, 0.15) is 11.4 Å². The second kappa shape index (κ2) is 5.73. The third-order valence-electron chi connectivity index (χ3n) is 2.12. The largest absolute Gasteiger partial charge is 0.444 e. The monoisotopic (exact) mass is 363 g/mol. The number of hydrogen-bond donors (Lipinski definition) is 2. The summed E-state index contributed by atoms with van der Waals surface area (Å²) in [6.07, 6.45) is -0.436.